The topological polar surface area (TPSA) is 29.1 Å². The van der Waals surface area contributed by atoms with Gasteiger partial charge in [0.25, 0.3) is 0 Å². The highest BCUT2D eigenvalue weighted by molar-refractivity contribution is 8.01. The molecule has 0 spiro atoms. The number of rotatable bonds is 1. The van der Waals surface area contributed by atoms with Gasteiger partial charge < -0.3 is 5.32 Å². The highest BCUT2D eigenvalue weighted by atomic mass is 35.5. The molecule has 0 saturated heterocycles. The van der Waals surface area contributed by atoms with Gasteiger partial charge in [0.05, 0.1) is 20.9 Å². The van der Waals surface area contributed by atoms with Crippen molar-refractivity contribution in [1.82, 2.24) is 0 Å². The van der Waals surface area contributed by atoms with E-state index in [1.165, 1.54) is 0 Å². The summed E-state index contributed by atoms with van der Waals surface area (Å²) in [6, 6.07) is 5.56. The van der Waals surface area contributed by atoms with Gasteiger partial charge in [0, 0.05) is 0 Å². The monoisotopic (exact) mass is 227 g/mol. The van der Waals surface area contributed by atoms with Crippen molar-refractivity contribution in [3.8, 4) is 0 Å². The van der Waals surface area contributed by atoms with Crippen LogP contribution in [-0.4, -0.2) is 11.2 Å². The van der Waals surface area contributed by atoms with E-state index in [1.807, 2.05) is 25.1 Å². The molecule has 0 bridgehead atoms. The van der Waals surface area contributed by atoms with Gasteiger partial charge in [-0.2, -0.15) is 0 Å². The van der Waals surface area contributed by atoms with E-state index in [1.54, 1.807) is 11.8 Å². The molecule has 74 valence electrons. The second kappa shape index (κ2) is 3.83. The number of anilines is 1. The molecule has 2 rings (SSSR count). The maximum absolute atomic E-state index is 11.5. The number of fused-ring (bicyclic) bond motifs is 1. The first-order chi connectivity index (χ1) is 6.72. The lowest BCUT2D eigenvalue weighted by Crippen LogP contribution is -2.28. The zero-order chi connectivity index (χ0) is 10.1. The van der Waals surface area contributed by atoms with Crippen LogP contribution in [0.15, 0.2) is 23.1 Å². The largest absolute Gasteiger partial charge is 0.324 e. The molecule has 0 radical (unpaired) electrons. The number of nitrogens with one attached hydrogen (secondary N) is 1. The summed E-state index contributed by atoms with van der Waals surface area (Å²) in [7, 11) is 0. The Kier molecular flexibility index (Phi) is 2.70. The number of amides is 1. The van der Waals surface area contributed by atoms with E-state index in [9.17, 15) is 4.79 Å². The molecule has 1 amide bonds. The quantitative estimate of drug-likeness (QED) is 0.799. The summed E-state index contributed by atoms with van der Waals surface area (Å²) in [5.74, 6) is 0.0762. The summed E-state index contributed by atoms with van der Waals surface area (Å²) >= 11 is 7.59. The van der Waals surface area contributed by atoms with Crippen LogP contribution in [0, 0.1) is 0 Å². The molecule has 2 nitrogen and oxygen atoms in total. The first kappa shape index (κ1) is 9.87. The van der Waals surface area contributed by atoms with Crippen molar-refractivity contribution in [1.29, 1.82) is 0 Å². The van der Waals surface area contributed by atoms with Crippen molar-refractivity contribution in [2.75, 3.05) is 5.32 Å². The molecule has 1 aliphatic rings. The number of hydrogen-bond acceptors (Lipinski definition) is 2. The molecule has 1 atom stereocenters. The van der Waals surface area contributed by atoms with Gasteiger partial charge in [-0.25, -0.2) is 0 Å². The van der Waals surface area contributed by atoms with Crippen LogP contribution in [0.4, 0.5) is 5.69 Å². The number of benzene rings is 1. The fourth-order valence-electron chi connectivity index (χ4n) is 1.40. The zero-order valence-corrected chi connectivity index (χ0v) is 9.28. The molecule has 1 aromatic carbocycles. The number of carbonyl (C=O) groups is 1. The molecule has 1 N–H and O–H groups in total. The van der Waals surface area contributed by atoms with E-state index in [0.717, 1.165) is 17.0 Å². The van der Waals surface area contributed by atoms with Crippen LogP contribution in [0.2, 0.25) is 5.02 Å². The van der Waals surface area contributed by atoms with Crippen LogP contribution < -0.4 is 5.32 Å². The van der Waals surface area contributed by atoms with Gasteiger partial charge in [-0.15, -0.1) is 11.8 Å². The Hall–Kier alpha value is -0.670. The fourth-order valence-corrected chi connectivity index (χ4v) is 2.76. The van der Waals surface area contributed by atoms with Crippen LogP contribution >= 0.6 is 23.4 Å². The highest BCUT2D eigenvalue weighted by Crippen LogP contribution is 2.41. The molecule has 1 unspecified atom stereocenters. The van der Waals surface area contributed by atoms with Crippen molar-refractivity contribution in [2.45, 2.75) is 23.5 Å². The lowest BCUT2D eigenvalue weighted by molar-refractivity contribution is -0.115. The molecule has 1 heterocycles. The maximum atomic E-state index is 11.5. The van der Waals surface area contributed by atoms with Gasteiger partial charge in [0.15, 0.2) is 0 Å². The predicted octanol–water partition coefficient (Wildman–Crippen LogP) is 3.16. The molecule has 0 saturated carbocycles. The van der Waals surface area contributed by atoms with Gasteiger partial charge in [-0.1, -0.05) is 24.6 Å². The molecule has 0 aliphatic carbocycles. The first-order valence-electron chi connectivity index (χ1n) is 4.48. The minimum Gasteiger partial charge on any atom is -0.324 e. The standard InChI is InChI=1S/C10H10ClNOS/c1-2-8-10(13)12-7-5-3-4-6(11)9(7)14-8/h3-5,8H,2H2,1H3,(H,12,13). The minimum absolute atomic E-state index is 0.0117. The van der Waals surface area contributed by atoms with Gasteiger partial charge >= 0.3 is 0 Å². The Balaban J connectivity index is 2.40. The van der Waals surface area contributed by atoms with Crippen LogP contribution in [0.5, 0.6) is 0 Å². The molecule has 14 heavy (non-hydrogen) atoms. The summed E-state index contributed by atoms with van der Waals surface area (Å²) in [6.07, 6.45) is 0.821. The molecule has 1 aliphatic heterocycles. The fraction of sp³-hybridized carbons (Fsp3) is 0.300. The third kappa shape index (κ3) is 1.62. The van der Waals surface area contributed by atoms with E-state index < -0.39 is 0 Å². The van der Waals surface area contributed by atoms with Crippen molar-refractivity contribution >= 4 is 35.0 Å². The van der Waals surface area contributed by atoms with Gasteiger partial charge in [-0.3, -0.25) is 4.79 Å². The number of hydrogen-bond donors (Lipinski definition) is 1. The Morgan fingerprint density at radius 3 is 3.07 bits per heavy atom. The van der Waals surface area contributed by atoms with E-state index in [0.29, 0.717) is 5.02 Å². The smallest absolute Gasteiger partial charge is 0.237 e. The Morgan fingerprint density at radius 2 is 2.36 bits per heavy atom. The second-order valence-corrected chi connectivity index (χ2v) is 4.74. The summed E-state index contributed by atoms with van der Waals surface area (Å²) in [6.45, 7) is 2.00. The molecule has 4 heteroatoms. The summed E-state index contributed by atoms with van der Waals surface area (Å²) in [4.78, 5) is 12.5. The summed E-state index contributed by atoms with van der Waals surface area (Å²) in [5, 5.41) is 3.56. The van der Waals surface area contributed by atoms with Crippen LogP contribution in [0.3, 0.4) is 0 Å². The second-order valence-electron chi connectivity index (χ2n) is 3.12. The third-order valence-electron chi connectivity index (χ3n) is 2.15. The zero-order valence-electron chi connectivity index (χ0n) is 7.71. The predicted molar refractivity (Wildman–Crippen MR) is 60.0 cm³/mol. The first-order valence-corrected chi connectivity index (χ1v) is 5.74. The molecular formula is C10H10ClNOS. The van der Waals surface area contributed by atoms with Crippen LogP contribution in [-0.2, 0) is 4.79 Å². The van der Waals surface area contributed by atoms with Gasteiger partial charge in [-0.05, 0) is 18.6 Å². The highest BCUT2D eigenvalue weighted by Gasteiger charge is 2.26. The van der Waals surface area contributed by atoms with Crippen LogP contribution in [0.1, 0.15) is 13.3 Å². The average Bonchev–Trinajstić information content (AvgIpc) is 2.17. The normalized spacial score (nSPS) is 20.1. The van der Waals surface area contributed by atoms with Gasteiger partial charge in [0.1, 0.15) is 0 Å². The SMILES string of the molecule is CCC1Sc2c(Cl)cccc2NC1=O. The molecular weight excluding hydrogens is 218 g/mol. The Labute approximate surface area is 92.0 Å². The van der Waals surface area contributed by atoms with Crippen LogP contribution in [0.25, 0.3) is 0 Å². The lowest BCUT2D eigenvalue weighted by Gasteiger charge is -2.23. The van der Waals surface area contributed by atoms with Crippen molar-refractivity contribution in [3.05, 3.63) is 23.2 Å². The molecule has 0 fully saturated rings. The minimum atomic E-state index is -0.0117. The van der Waals surface area contributed by atoms with Crippen molar-refractivity contribution in [2.24, 2.45) is 0 Å². The third-order valence-corrected chi connectivity index (χ3v) is 4.08. The average molecular weight is 228 g/mol. The Morgan fingerprint density at radius 1 is 1.57 bits per heavy atom. The van der Waals surface area contributed by atoms with Crippen molar-refractivity contribution in [3.63, 3.8) is 0 Å². The lowest BCUT2D eigenvalue weighted by atomic mass is 10.2. The van der Waals surface area contributed by atoms with E-state index in [2.05, 4.69) is 5.32 Å². The van der Waals surface area contributed by atoms with E-state index in [4.69, 9.17) is 11.6 Å². The maximum Gasteiger partial charge on any atom is 0.237 e. The summed E-state index contributed by atoms with van der Waals surface area (Å²) in [5.41, 5.74) is 0.831. The van der Waals surface area contributed by atoms with E-state index >= 15 is 0 Å². The Bertz CT molecular complexity index is 380. The number of thioether (sulfide) groups is 1. The van der Waals surface area contributed by atoms with Crippen molar-refractivity contribution < 1.29 is 4.79 Å². The summed E-state index contributed by atoms with van der Waals surface area (Å²) < 4.78 is 0. The van der Waals surface area contributed by atoms with Gasteiger partial charge in [0.2, 0.25) is 5.91 Å². The van der Waals surface area contributed by atoms with E-state index in [-0.39, 0.29) is 11.2 Å². The molecule has 0 aromatic heterocycles. The number of halogens is 1. The number of carbonyl (C=O) groups excluding carboxylic acids is 1. The molecule has 1 aromatic rings.